The van der Waals surface area contributed by atoms with Crippen LogP contribution in [0, 0.1) is 0 Å². The van der Waals surface area contributed by atoms with Gasteiger partial charge in [0.2, 0.25) is 5.91 Å². The van der Waals surface area contributed by atoms with Gasteiger partial charge in [-0.25, -0.2) is 4.72 Å². The van der Waals surface area contributed by atoms with E-state index in [4.69, 9.17) is 0 Å². The van der Waals surface area contributed by atoms with Crippen molar-refractivity contribution in [1.29, 1.82) is 0 Å². The van der Waals surface area contributed by atoms with E-state index in [1.165, 1.54) is 0 Å². The summed E-state index contributed by atoms with van der Waals surface area (Å²) in [6, 6.07) is -0.144. The van der Waals surface area contributed by atoms with Crippen LogP contribution >= 0.6 is 0 Å². The first-order valence-corrected chi connectivity index (χ1v) is 10.3. The van der Waals surface area contributed by atoms with Gasteiger partial charge in [-0.3, -0.25) is 4.79 Å². The molecule has 0 fully saturated rings. The molecule has 0 aromatic heterocycles. The molecule has 0 saturated carbocycles. The smallest absolute Gasteiger partial charge is 0.304 e. The van der Waals surface area contributed by atoms with Gasteiger partial charge in [0.25, 0.3) is 0 Å². The Morgan fingerprint density at radius 1 is 1.00 bits per heavy atom. The van der Waals surface area contributed by atoms with Crippen LogP contribution in [0.1, 0.15) is 34.1 Å². The normalized spacial score (nSPS) is 14.0. The summed E-state index contributed by atoms with van der Waals surface area (Å²) in [6.45, 7) is 12.3. The minimum absolute atomic E-state index is 0.144. The highest BCUT2D eigenvalue weighted by Gasteiger charge is 2.46. The third-order valence-electron chi connectivity index (χ3n) is 4.17. The summed E-state index contributed by atoms with van der Waals surface area (Å²) >= 11 is 0. The Hall–Kier alpha value is -0.910. The van der Waals surface area contributed by atoms with E-state index in [9.17, 15) is 26.4 Å². The Morgan fingerprint density at radius 3 is 1.92 bits per heavy atom. The van der Waals surface area contributed by atoms with Crippen molar-refractivity contribution >= 4 is 15.9 Å². The quantitative estimate of drug-likeness (QED) is 0.476. The molecule has 156 valence electrons. The fraction of sp³-hybridized carbons (Fsp3) is 0.933. The van der Waals surface area contributed by atoms with Gasteiger partial charge in [-0.05, 0) is 39.1 Å². The highest BCUT2D eigenvalue weighted by Crippen LogP contribution is 2.21. The van der Waals surface area contributed by atoms with E-state index in [-0.39, 0.29) is 6.04 Å². The van der Waals surface area contributed by atoms with Crippen LogP contribution in [0.2, 0.25) is 0 Å². The lowest BCUT2D eigenvalue weighted by atomic mass is 10.1. The van der Waals surface area contributed by atoms with E-state index in [0.29, 0.717) is 13.0 Å². The van der Waals surface area contributed by atoms with Crippen molar-refractivity contribution in [2.75, 3.05) is 45.8 Å². The minimum atomic E-state index is -5.67. The second kappa shape index (κ2) is 11.7. The van der Waals surface area contributed by atoms with E-state index < -0.39 is 28.0 Å². The monoisotopic (exact) mass is 404 g/mol. The third kappa shape index (κ3) is 9.15. The standard InChI is InChI=1S/C15H31F3N4O3S/c1-5-21(6-2)10-9-13(12-22(7-3)8-4)19-11-14(23)20-26(24,25)15(16,17)18/h13,19H,5-12H2,1-4H3,(H,20,23). The average molecular weight is 404 g/mol. The Labute approximate surface area is 154 Å². The molecular formula is C15H31F3N4O3S. The number of carbonyl (C=O) groups excluding carboxylic acids is 1. The van der Waals surface area contributed by atoms with Crippen LogP contribution in [-0.2, 0) is 14.8 Å². The van der Waals surface area contributed by atoms with Crippen LogP contribution in [0.5, 0.6) is 0 Å². The zero-order chi connectivity index (χ0) is 20.4. The number of sulfonamides is 1. The van der Waals surface area contributed by atoms with E-state index in [1.54, 1.807) is 0 Å². The zero-order valence-electron chi connectivity index (χ0n) is 15.9. The maximum absolute atomic E-state index is 12.3. The van der Waals surface area contributed by atoms with Crippen LogP contribution in [0.3, 0.4) is 0 Å². The predicted molar refractivity (Wildman–Crippen MR) is 95.1 cm³/mol. The van der Waals surface area contributed by atoms with Crippen molar-refractivity contribution in [3.63, 3.8) is 0 Å². The van der Waals surface area contributed by atoms with Gasteiger partial charge in [-0.15, -0.1) is 0 Å². The molecule has 1 atom stereocenters. The van der Waals surface area contributed by atoms with Crippen molar-refractivity contribution in [3.8, 4) is 0 Å². The molecule has 0 radical (unpaired) electrons. The van der Waals surface area contributed by atoms with Crippen LogP contribution in [0.25, 0.3) is 0 Å². The third-order valence-corrected chi connectivity index (χ3v) is 5.27. The maximum atomic E-state index is 12.3. The summed E-state index contributed by atoms with van der Waals surface area (Å²) in [6.07, 6.45) is 0.692. The van der Waals surface area contributed by atoms with Crippen LogP contribution in [-0.4, -0.2) is 81.5 Å². The number of nitrogens with one attached hydrogen (secondary N) is 2. The lowest BCUT2D eigenvalue weighted by Crippen LogP contribution is -2.49. The molecule has 0 spiro atoms. The Morgan fingerprint density at radius 2 is 1.50 bits per heavy atom. The molecule has 11 heteroatoms. The number of carbonyl (C=O) groups is 1. The van der Waals surface area contributed by atoms with Crippen LogP contribution in [0.15, 0.2) is 0 Å². The predicted octanol–water partition coefficient (Wildman–Crippen LogP) is 0.984. The maximum Gasteiger partial charge on any atom is 0.516 e. The van der Waals surface area contributed by atoms with Gasteiger partial charge in [-0.2, -0.15) is 21.6 Å². The first-order chi connectivity index (χ1) is 12.0. The van der Waals surface area contributed by atoms with E-state index in [2.05, 4.69) is 15.1 Å². The van der Waals surface area contributed by atoms with Crippen LogP contribution in [0.4, 0.5) is 13.2 Å². The number of hydrogen-bond donors (Lipinski definition) is 2. The summed E-state index contributed by atoms with van der Waals surface area (Å²) in [5.74, 6) is -1.23. The first kappa shape index (κ1) is 25.1. The molecule has 0 aromatic rings. The van der Waals surface area contributed by atoms with Gasteiger partial charge >= 0.3 is 15.5 Å². The summed E-state index contributed by atoms with van der Waals surface area (Å²) in [5, 5.41) is 2.88. The van der Waals surface area contributed by atoms with Crippen molar-refractivity contribution in [3.05, 3.63) is 0 Å². The van der Waals surface area contributed by atoms with E-state index in [1.807, 2.05) is 27.7 Å². The molecule has 2 N–H and O–H groups in total. The topological polar surface area (TPSA) is 81.8 Å². The summed E-state index contributed by atoms with van der Waals surface area (Å²) in [4.78, 5) is 15.9. The Balaban J connectivity index is 4.77. The second-order valence-electron chi connectivity index (χ2n) is 5.85. The molecule has 0 rings (SSSR count). The highest BCUT2D eigenvalue weighted by molar-refractivity contribution is 7.90. The Bertz CT molecular complexity index is 507. The van der Waals surface area contributed by atoms with Gasteiger partial charge in [0.15, 0.2) is 0 Å². The largest absolute Gasteiger partial charge is 0.516 e. The van der Waals surface area contributed by atoms with Gasteiger partial charge in [-0.1, -0.05) is 27.7 Å². The molecule has 26 heavy (non-hydrogen) atoms. The number of halogens is 3. The van der Waals surface area contributed by atoms with Crippen LogP contribution < -0.4 is 10.0 Å². The molecule has 7 nitrogen and oxygen atoms in total. The molecule has 0 aliphatic heterocycles. The van der Waals surface area contributed by atoms with Crippen molar-refractivity contribution in [2.45, 2.75) is 45.7 Å². The molecule has 0 aromatic carbocycles. The molecule has 0 saturated heterocycles. The fourth-order valence-corrected chi connectivity index (χ4v) is 2.90. The number of nitrogens with zero attached hydrogens (tertiary/aromatic N) is 2. The lowest BCUT2D eigenvalue weighted by Gasteiger charge is -2.28. The first-order valence-electron chi connectivity index (χ1n) is 8.80. The SMILES string of the molecule is CCN(CC)CCC(CN(CC)CC)NCC(=O)NS(=O)(=O)C(F)(F)F. The van der Waals surface area contributed by atoms with Gasteiger partial charge < -0.3 is 15.1 Å². The van der Waals surface area contributed by atoms with Gasteiger partial charge in [0.1, 0.15) is 0 Å². The number of hydrogen-bond acceptors (Lipinski definition) is 6. The van der Waals surface area contributed by atoms with Gasteiger partial charge in [0, 0.05) is 12.6 Å². The molecule has 0 aliphatic rings. The fourth-order valence-electron chi connectivity index (χ4n) is 2.41. The molecule has 0 bridgehead atoms. The summed E-state index contributed by atoms with van der Waals surface area (Å²) in [5.41, 5.74) is -5.51. The van der Waals surface area contributed by atoms with Crippen molar-refractivity contribution in [1.82, 2.24) is 19.8 Å². The molecule has 0 aliphatic carbocycles. The minimum Gasteiger partial charge on any atom is -0.304 e. The average Bonchev–Trinajstić information content (AvgIpc) is 2.55. The number of rotatable bonds is 13. The molecule has 0 heterocycles. The van der Waals surface area contributed by atoms with Crippen molar-refractivity contribution < 1.29 is 26.4 Å². The molecule has 1 amide bonds. The zero-order valence-corrected chi connectivity index (χ0v) is 16.7. The summed E-state index contributed by atoms with van der Waals surface area (Å²) < 4.78 is 59.9. The lowest BCUT2D eigenvalue weighted by molar-refractivity contribution is -0.119. The van der Waals surface area contributed by atoms with Crippen molar-refractivity contribution in [2.24, 2.45) is 0 Å². The summed E-state index contributed by atoms with van der Waals surface area (Å²) in [7, 11) is -5.67. The number of amides is 1. The van der Waals surface area contributed by atoms with Gasteiger partial charge in [0.05, 0.1) is 6.54 Å². The number of likely N-dealkylation sites (N-methyl/N-ethyl adjacent to an activating group) is 1. The second-order valence-corrected chi connectivity index (χ2v) is 7.53. The van der Waals surface area contributed by atoms with E-state index in [0.717, 1.165) is 37.4 Å². The highest BCUT2D eigenvalue weighted by atomic mass is 32.2. The molecule has 1 unspecified atom stereocenters. The molecular weight excluding hydrogens is 373 g/mol. The number of alkyl halides is 3. The Kier molecular flexibility index (Phi) is 11.3. The van der Waals surface area contributed by atoms with E-state index >= 15 is 0 Å².